The van der Waals surface area contributed by atoms with Crippen LogP contribution in [0, 0.1) is 27.7 Å². The number of hydrogen-bond acceptors (Lipinski definition) is 3. The molecular formula is C39H45N3O2. The second-order valence-electron chi connectivity index (χ2n) is 13.6. The Balaban J connectivity index is 1.45. The predicted molar refractivity (Wildman–Crippen MR) is 181 cm³/mol. The van der Waals surface area contributed by atoms with Crippen molar-refractivity contribution in [3.8, 4) is 0 Å². The van der Waals surface area contributed by atoms with Gasteiger partial charge in [-0.1, -0.05) is 76.4 Å². The lowest BCUT2D eigenvalue weighted by Crippen LogP contribution is -2.31. The maximum absolute atomic E-state index is 13.3. The van der Waals surface area contributed by atoms with Gasteiger partial charge in [0.2, 0.25) is 0 Å². The molecule has 4 aromatic rings. The van der Waals surface area contributed by atoms with Crippen molar-refractivity contribution < 1.29 is 9.59 Å². The van der Waals surface area contributed by atoms with Crippen molar-refractivity contribution in [3.63, 3.8) is 0 Å². The third-order valence-electron chi connectivity index (χ3n) is 9.31. The van der Waals surface area contributed by atoms with Gasteiger partial charge in [-0.3, -0.25) is 14.6 Å². The molecule has 5 nitrogen and oxygen atoms in total. The summed E-state index contributed by atoms with van der Waals surface area (Å²) in [7, 11) is 0. The molecule has 0 unspecified atom stereocenters. The Morgan fingerprint density at radius 2 is 1.05 bits per heavy atom. The van der Waals surface area contributed by atoms with Crippen LogP contribution in [-0.2, 0) is 10.8 Å². The second-order valence-corrected chi connectivity index (χ2v) is 13.6. The summed E-state index contributed by atoms with van der Waals surface area (Å²) < 4.78 is 0. The molecule has 5 rings (SSSR count). The molecule has 1 aliphatic carbocycles. The molecule has 44 heavy (non-hydrogen) atoms. The molecule has 0 radical (unpaired) electrons. The number of nitrogens with zero attached hydrogens (tertiary/aromatic N) is 1. The molecule has 0 atom stereocenters. The van der Waals surface area contributed by atoms with Crippen LogP contribution in [0.2, 0.25) is 0 Å². The van der Waals surface area contributed by atoms with Gasteiger partial charge >= 0.3 is 0 Å². The zero-order chi connectivity index (χ0) is 31.6. The summed E-state index contributed by atoms with van der Waals surface area (Å²) in [5.74, 6) is -0.222. The van der Waals surface area contributed by atoms with Crippen LogP contribution in [0.25, 0.3) is 0 Å². The number of aryl methyl sites for hydroxylation is 4. The lowest BCUT2D eigenvalue weighted by Gasteiger charge is -2.40. The lowest BCUT2D eigenvalue weighted by atomic mass is 9.64. The van der Waals surface area contributed by atoms with Crippen LogP contribution in [0.4, 0.5) is 11.4 Å². The van der Waals surface area contributed by atoms with E-state index in [4.69, 9.17) is 0 Å². The summed E-state index contributed by atoms with van der Waals surface area (Å²) in [6.45, 7) is 14.9. The van der Waals surface area contributed by atoms with Crippen molar-refractivity contribution in [2.45, 2.75) is 91.4 Å². The van der Waals surface area contributed by atoms with Crippen LogP contribution in [-0.4, -0.2) is 16.8 Å². The Labute approximate surface area is 262 Å². The quantitative estimate of drug-likeness (QED) is 0.236. The molecule has 1 heterocycles. The molecule has 0 aliphatic heterocycles. The van der Waals surface area contributed by atoms with Crippen molar-refractivity contribution in [1.82, 2.24) is 4.98 Å². The molecule has 5 heteroatoms. The molecule has 1 fully saturated rings. The fourth-order valence-electron chi connectivity index (χ4n) is 6.77. The van der Waals surface area contributed by atoms with E-state index in [2.05, 4.69) is 88.3 Å². The van der Waals surface area contributed by atoms with E-state index in [-0.39, 0.29) is 22.6 Å². The van der Waals surface area contributed by atoms with E-state index in [1.54, 1.807) is 24.5 Å². The predicted octanol–water partition coefficient (Wildman–Crippen LogP) is 9.37. The molecular weight excluding hydrogens is 542 g/mol. The SMILES string of the molecule is Cc1cc(C2(c3cc(C)c(NC(=O)c4ccc(C(C)(C)C)cc4)c(C)c3)CCCCC2)cc(C)c1NC(=O)c1ccncc1. The van der Waals surface area contributed by atoms with Crippen molar-refractivity contribution in [2.75, 3.05) is 10.6 Å². The summed E-state index contributed by atoms with van der Waals surface area (Å²) in [5, 5.41) is 6.35. The van der Waals surface area contributed by atoms with Crippen LogP contribution in [0.3, 0.4) is 0 Å². The van der Waals surface area contributed by atoms with E-state index in [9.17, 15) is 9.59 Å². The van der Waals surface area contributed by atoms with E-state index in [1.165, 1.54) is 36.0 Å². The molecule has 2 amide bonds. The third kappa shape index (κ3) is 6.33. The zero-order valence-corrected chi connectivity index (χ0v) is 27.2. The minimum absolute atomic E-state index is 0.0402. The van der Waals surface area contributed by atoms with Crippen molar-refractivity contribution in [1.29, 1.82) is 0 Å². The Hall–Kier alpha value is -4.25. The Bertz CT molecular complexity index is 1630. The third-order valence-corrected chi connectivity index (χ3v) is 9.31. The highest BCUT2D eigenvalue weighted by molar-refractivity contribution is 6.05. The number of pyridine rings is 1. The lowest BCUT2D eigenvalue weighted by molar-refractivity contribution is 0.101. The van der Waals surface area contributed by atoms with Gasteiger partial charge in [0.15, 0.2) is 0 Å². The normalized spacial score (nSPS) is 14.6. The molecule has 1 aromatic heterocycles. The summed E-state index contributed by atoms with van der Waals surface area (Å²) in [4.78, 5) is 30.3. The number of anilines is 2. The van der Waals surface area contributed by atoms with Gasteiger partial charge in [0.05, 0.1) is 0 Å². The van der Waals surface area contributed by atoms with Gasteiger partial charge < -0.3 is 10.6 Å². The smallest absolute Gasteiger partial charge is 0.255 e. The average molecular weight is 588 g/mol. The minimum Gasteiger partial charge on any atom is -0.322 e. The van der Waals surface area contributed by atoms with Crippen LogP contribution in [0.15, 0.2) is 73.1 Å². The van der Waals surface area contributed by atoms with Crippen molar-refractivity contribution >= 4 is 23.2 Å². The van der Waals surface area contributed by atoms with Gasteiger partial charge in [-0.2, -0.15) is 0 Å². The highest BCUT2D eigenvalue weighted by Gasteiger charge is 2.37. The van der Waals surface area contributed by atoms with Gasteiger partial charge in [-0.25, -0.2) is 0 Å². The van der Waals surface area contributed by atoms with Crippen LogP contribution in [0.1, 0.15) is 113 Å². The molecule has 1 aliphatic rings. The minimum atomic E-state index is -0.132. The average Bonchev–Trinajstić information content (AvgIpc) is 3.00. The molecule has 3 aromatic carbocycles. The van der Waals surface area contributed by atoms with Gasteiger partial charge in [0, 0.05) is 40.3 Å². The highest BCUT2D eigenvalue weighted by atomic mass is 16.2. The number of benzene rings is 3. The van der Waals surface area contributed by atoms with Crippen LogP contribution >= 0.6 is 0 Å². The van der Waals surface area contributed by atoms with Gasteiger partial charge in [0.25, 0.3) is 11.8 Å². The monoisotopic (exact) mass is 587 g/mol. The van der Waals surface area contributed by atoms with Crippen LogP contribution in [0.5, 0.6) is 0 Å². The molecule has 0 bridgehead atoms. The largest absolute Gasteiger partial charge is 0.322 e. The fraction of sp³-hybridized carbons (Fsp3) is 0.359. The first-order valence-electron chi connectivity index (χ1n) is 15.8. The summed E-state index contributed by atoms with van der Waals surface area (Å²) in [6, 6.07) is 20.5. The van der Waals surface area contributed by atoms with Crippen molar-refractivity contribution in [2.24, 2.45) is 0 Å². The van der Waals surface area contributed by atoms with Gasteiger partial charge in [-0.05, 0) is 109 Å². The molecule has 228 valence electrons. The molecule has 0 saturated heterocycles. The second kappa shape index (κ2) is 12.4. The summed E-state index contributed by atoms with van der Waals surface area (Å²) in [5.41, 5.74) is 11.0. The number of rotatable bonds is 6. The molecule has 0 spiro atoms. The Kier molecular flexibility index (Phi) is 8.78. The van der Waals surface area contributed by atoms with E-state index in [0.717, 1.165) is 46.5 Å². The molecule has 1 saturated carbocycles. The van der Waals surface area contributed by atoms with E-state index in [1.807, 2.05) is 24.3 Å². The fourth-order valence-corrected chi connectivity index (χ4v) is 6.77. The maximum atomic E-state index is 13.3. The number of aromatic nitrogens is 1. The Morgan fingerprint density at radius 1 is 0.636 bits per heavy atom. The Morgan fingerprint density at radius 3 is 1.45 bits per heavy atom. The topological polar surface area (TPSA) is 71.1 Å². The van der Waals surface area contributed by atoms with E-state index >= 15 is 0 Å². The first-order valence-corrected chi connectivity index (χ1v) is 15.8. The number of carbonyl (C=O) groups is 2. The van der Waals surface area contributed by atoms with Gasteiger partial charge in [0.1, 0.15) is 0 Å². The number of carbonyl (C=O) groups excluding carboxylic acids is 2. The highest BCUT2D eigenvalue weighted by Crippen LogP contribution is 2.47. The van der Waals surface area contributed by atoms with E-state index < -0.39 is 0 Å². The maximum Gasteiger partial charge on any atom is 0.255 e. The first kappa shape index (κ1) is 31.2. The summed E-state index contributed by atoms with van der Waals surface area (Å²) >= 11 is 0. The first-order chi connectivity index (χ1) is 20.9. The number of nitrogens with one attached hydrogen (secondary N) is 2. The standard InChI is InChI=1S/C39H45N3O2/c1-25-21-32(22-26(2)34(25)41-36(43)29-11-13-31(14-12-29)38(5,6)7)39(17-9-8-10-18-39)33-23-27(3)35(28(4)24-33)42-37(44)30-15-19-40-20-16-30/h11-16,19-24H,8-10,17-18H2,1-7H3,(H,41,43)(H,42,44). The van der Waals surface area contributed by atoms with Crippen molar-refractivity contribution in [3.05, 3.63) is 123 Å². The van der Waals surface area contributed by atoms with Gasteiger partial charge in [-0.15, -0.1) is 0 Å². The summed E-state index contributed by atoms with van der Waals surface area (Å²) in [6.07, 6.45) is 8.98. The molecule has 2 N–H and O–H groups in total. The number of hydrogen-bond donors (Lipinski definition) is 2. The van der Waals surface area contributed by atoms with E-state index in [0.29, 0.717) is 11.1 Å². The van der Waals surface area contributed by atoms with Crippen LogP contribution < -0.4 is 10.6 Å². The number of amides is 2. The zero-order valence-electron chi connectivity index (χ0n) is 27.2.